The van der Waals surface area contributed by atoms with Crippen molar-refractivity contribution in [2.45, 2.75) is 0 Å². The van der Waals surface area contributed by atoms with Crippen molar-refractivity contribution in [3.8, 4) is 73.4 Å². The molecule has 0 saturated carbocycles. The van der Waals surface area contributed by atoms with E-state index in [1.165, 1.54) is 21.5 Å². The molecule has 3 aromatic heterocycles. The summed E-state index contributed by atoms with van der Waals surface area (Å²) in [5.74, 6) is 1.57. The quantitative estimate of drug-likeness (QED) is 0.150. The molecule has 0 spiro atoms. The molecular weight excluding hydrogens is 815 g/mol. The molecule has 0 unspecified atom stereocenters. The first-order valence-corrected chi connectivity index (χ1v) is 22.6. The van der Waals surface area contributed by atoms with E-state index in [4.69, 9.17) is 19.9 Å². The fourth-order valence-electron chi connectivity index (χ4n) is 9.61. The van der Waals surface area contributed by atoms with Crippen LogP contribution in [0.2, 0.25) is 0 Å². The zero-order valence-electron chi connectivity index (χ0n) is 36.3. The molecule has 13 rings (SSSR count). The third kappa shape index (κ3) is 6.80. The molecule has 0 atom stereocenters. The van der Waals surface area contributed by atoms with Crippen molar-refractivity contribution >= 4 is 54.3 Å². The van der Waals surface area contributed by atoms with Gasteiger partial charge in [-0.05, 0) is 80.5 Å². The van der Waals surface area contributed by atoms with Crippen molar-refractivity contribution in [3.05, 3.63) is 237 Å². The van der Waals surface area contributed by atoms with Crippen LogP contribution in [0.3, 0.4) is 0 Å². The van der Waals surface area contributed by atoms with Crippen molar-refractivity contribution in [1.82, 2.24) is 24.5 Å². The summed E-state index contributed by atoms with van der Waals surface area (Å²) in [4.78, 5) is 21.2. The molecule has 3 heterocycles. The normalized spacial score (nSPS) is 11.6. The van der Waals surface area contributed by atoms with Gasteiger partial charge in [0.25, 0.3) is 0 Å². The lowest BCUT2D eigenvalue weighted by Crippen LogP contribution is -1.97. The van der Waals surface area contributed by atoms with Gasteiger partial charge in [0.15, 0.2) is 5.82 Å². The number of benzene rings is 10. The first-order chi connectivity index (χ1) is 33.2. The summed E-state index contributed by atoms with van der Waals surface area (Å²) >= 11 is 0. The predicted molar refractivity (Wildman–Crippen MR) is 277 cm³/mol. The third-order valence-electron chi connectivity index (χ3n) is 13.0. The van der Waals surface area contributed by atoms with Crippen LogP contribution in [0, 0.1) is 0 Å². The number of nitrogens with zero attached hydrogens (tertiary/aromatic N) is 5. The maximum absolute atomic E-state index is 5.46. The lowest BCUT2D eigenvalue weighted by Gasteiger charge is -2.13. The van der Waals surface area contributed by atoms with Gasteiger partial charge in [0.05, 0.1) is 33.6 Å². The average Bonchev–Trinajstić information content (AvgIpc) is 3.81. The minimum atomic E-state index is 0.682. The number of imidazole rings is 1. The van der Waals surface area contributed by atoms with E-state index >= 15 is 0 Å². The standard InChI is InChI=1S/C62H39N5/c1-3-15-46(16-4-1)62-66-60-57(67(62)51-19-5-2-6-20-51)36-35-53-52-21-11-12-22-54(52)63-59(58(53)60)44-29-23-42(24-30-44)43-25-31-45(32-26-43)61-64-55(49-33-27-40-13-7-9-17-47(40)37-49)39-56(65-61)50-34-28-41-14-8-10-18-48(41)38-50/h1-39H. The highest BCUT2D eigenvalue weighted by Crippen LogP contribution is 2.40. The number of rotatable bonds is 7. The molecule has 0 radical (unpaired) electrons. The fraction of sp³-hybridized carbons (Fsp3) is 0. The van der Waals surface area contributed by atoms with Crippen LogP contribution < -0.4 is 0 Å². The van der Waals surface area contributed by atoms with Gasteiger partial charge in [0.2, 0.25) is 0 Å². The molecule has 10 aromatic carbocycles. The number of hydrogen-bond acceptors (Lipinski definition) is 4. The van der Waals surface area contributed by atoms with Crippen molar-refractivity contribution in [2.75, 3.05) is 0 Å². The summed E-state index contributed by atoms with van der Waals surface area (Å²) in [6, 6.07) is 83.3. The third-order valence-corrected chi connectivity index (χ3v) is 13.0. The molecule has 5 nitrogen and oxygen atoms in total. The lowest BCUT2D eigenvalue weighted by molar-refractivity contribution is 1.10. The van der Waals surface area contributed by atoms with E-state index in [2.05, 4.69) is 235 Å². The average molecular weight is 854 g/mol. The van der Waals surface area contributed by atoms with Gasteiger partial charge in [-0.2, -0.15) is 0 Å². The lowest BCUT2D eigenvalue weighted by atomic mass is 9.96. The Morgan fingerprint density at radius 1 is 0.313 bits per heavy atom. The minimum absolute atomic E-state index is 0.682. The van der Waals surface area contributed by atoms with Crippen molar-refractivity contribution in [1.29, 1.82) is 0 Å². The van der Waals surface area contributed by atoms with Gasteiger partial charge < -0.3 is 0 Å². The van der Waals surface area contributed by atoms with E-state index in [-0.39, 0.29) is 0 Å². The number of pyridine rings is 1. The Kier molecular flexibility index (Phi) is 9.10. The van der Waals surface area contributed by atoms with Gasteiger partial charge in [-0.3, -0.25) is 4.57 Å². The highest BCUT2D eigenvalue weighted by atomic mass is 15.1. The van der Waals surface area contributed by atoms with Gasteiger partial charge in [0.1, 0.15) is 5.82 Å². The summed E-state index contributed by atoms with van der Waals surface area (Å²) in [6.45, 7) is 0. The summed E-state index contributed by atoms with van der Waals surface area (Å²) in [5.41, 5.74) is 14.0. The van der Waals surface area contributed by atoms with E-state index in [1.54, 1.807) is 0 Å². The highest BCUT2D eigenvalue weighted by Gasteiger charge is 2.21. The van der Waals surface area contributed by atoms with E-state index in [9.17, 15) is 0 Å². The van der Waals surface area contributed by atoms with Crippen LogP contribution in [0.1, 0.15) is 0 Å². The minimum Gasteiger partial charge on any atom is -0.292 e. The van der Waals surface area contributed by atoms with Crippen LogP contribution in [0.5, 0.6) is 0 Å². The van der Waals surface area contributed by atoms with Gasteiger partial charge in [0, 0.05) is 44.3 Å². The summed E-state index contributed by atoms with van der Waals surface area (Å²) in [7, 11) is 0. The van der Waals surface area contributed by atoms with Crippen molar-refractivity contribution in [2.24, 2.45) is 0 Å². The second-order valence-electron chi connectivity index (χ2n) is 17.0. The smallest absolute Gasteiger partial charge is 0.160 e. The summed E-state index contributed by atoms with van der Waals surface area (Å²) < 4.78 is 2.27. The van der Waals surface area contributed by atoms with Crippen molar-refractivity contribution in [3.63, 3.8) is 0 Å². The van der Waals surface area contributed by atoms with E-state index in [0.29, 0.717) is 5.82 Å². The SMILES string of the molecule is c1ccc(-c2nc3c4c(-c5ccc(-c6ccc(-c7nc(-c8ccc9ccccc9c8)cc(-c8ccc9ccccc9c8)n7)cc6)cc5)nc5ccccc5c4ccc3n2-c2ccccc2)cc1. The van der Waals surface area contributed by atoms with Crippen LogP contribution in [-0.2, 0) is 0 Å². The monoisotopic (exact) mass is 853 g/mol. The molecule has 0 fully saturated rings. The molecular formula is C62H39N5. The Morgan fingerprint density at radius 2 is 0.836 bits per heavy atom. The second kappa shape index (κ2) is 15.9. The number of aromatic nitrogens is 5. The van der Waals surface area contributed by atoms with Crippen LogP contribution in [0.15, 0.2) is 237 Å². The topological polar surface area (TPSA) is 56.5 Å². The Bertz CT molecular complexity index is 3910. The zero-order chi connectivity index (χ0) is 44.3. The van der Waals surface area contributed by atoms with E-state index < -0.39 is 0 Å². The van der Waals surface area contributed by atoms with E-state index in [1.807, 2.05) is 6.07 Å². The number of fused-ring (bicyclic) bond motifs is 7. The molecule has 0 aliphatic rings. The molecule has 0 aliphatic carbocycles. The van der Waals surface area contributed by atoms with Gasteiger partial charge >= 0.3 is 0 Å². The summed E-state index contributed by atoms with van der Waals surface area (Å²) in [6.07, 6.45) is 0. The largest absolute Gasteiger partial charge is 0.292 e. The van der Waals surface area contributed by atoms with E-state index in [0.717, 1.165) is 100 Å². The number of para-hydroxylation sites is 2. The Balaban J connectivity index is 0.900. The molecule has 0 amide bonds. The van der Waals surface area contributed by atoms with Crippen LogP contribution in [-0.4, -0.2) is 24.5 Å². The van der Waals surface area contributed by atoms with Crippen LogP contribution in [0.25, 0.3) is 128 Å². The fourth-order valence-corrected chi connectivity index (χ4v) is 9.61. The van der Waals surface area contributed by atoms with Crippen LogP contribution in [0.4, 0.5) is 0 Å². The maximum atomic E-state index is 5.46. The molecule has 0 saturated heterocycles. The second-order valence-corrected chi connectivity index (χ2v) is 17.0. The molecule has 0 N–H and O–H groups in total. The zero-order valence-corrected chi connectivity index (χ0v) is 36.3. The Labute approximate surface area is 387 Å². The first-order valence-electron chi connectivity index (χ1n) is 22.6. The molecule has 312 valence electrons. The highest BCUT2D eigenvalue weighted by molar-refractivity contribution is 6.20. The Hall–Kier alpha value is -9.06. The van der Waals surface area contributed by atoms with Crippen molar-refractivity contribution < 1.29 is 0 Å². The maximum Gasteiger partial charge on any atom is 0.160 e. The molecule has 0 aliphatic heterocycles. The first kappa shape index (κ1) is 38.4. The van der Waals surface area contributed by atoms with Crippen LogP contribution >= 0.6 is 0 Å². The van der Waals surface area contributed by atoms with Gasteiger partial charge in [-0.25, -0.2) is 19.9 Å². The molecule has 0 bridgehead atoms. The number of hydrogen-bond donors (Lipinski definition) is 0. The van der Waals surface area contributed by atoms with Gasteiger partial charge in [-0.15, -0.1) is 0 Å². The molecule has 13 aromatic rings. The predicted octanol–water partition coefficient (Wildman–Crippen LogP) is 15.8. The van der Waals surface area contributed by atoms with Gasteiger partial charge in [-0.1, -0.05) is 194 Å². The molecule has 5 heteroatoms. The Morgan fingerprint density at radius 3 is 1.48 bits per heavy atom. The molecule has 67 heavy (non-hydrogen) atoms. The summed E-state index contributed by atoms with van der Waals surface area (Å²) in [5, 5.41) is 8.02.